The third-order valence-electron chi connectivity index (χ3n) is 4.30. The second kappa shape index (κ2) is 5.44. The molecule has 0 spiro atoms. The molecule has 1 unspecified atom stereocenters. The average Bonchev–Trinajstić information content (AvgIpc) is 2.54. The lowest BCUT2D eigenvalue weighted by Gasteiger charge is -2.35. The summed E-state index contributed by atoms with van der Waals surface area (Å²) in [5.74, 6) is 0. The monoisotopic (exact) mass is 282 g/mol. The van der Waals surface area contributed by atoms with Crippen molar-refractivity contribution in [3.8, 4) is 6.07 Å². The summed E-state index contributed by atoms with van der Waals surface area (Å²) in [5.41, 5.74) is 1.90. The van der Waals surface area contributed by atoms with Gasteiger partial charge in [0.15, 0.2) is 0 Å². The molecule has 2 heterocycles. The molecule has 0 amide bonds. The lowest BCUT2D eigenvalue weighted by Crippen LogP contribution is -2.34. The van der Waals surface area contributed by atoms with E-state index in [4.69, 9.17) is 4.74 Å². The molecule has 108 valence electrons. The first-order chi connectivity index (χ1) is 10.1. The van der Waals surface area contributed by atoms with Gasteiger partial charge in [0, 0.05) is 24.3 Å². The molecule has 1 atom stereocenters. The Kier molecular flexibility index (Phi) is 3.62. The second-order valence-electron chi connectivity index (χ2n) is 5.69. The molecule has 0 saturated carbocycles. The van der Waals surface area contributed by atoms with Crippen LogP contribution in [0.25, 0.3) is 10.9 Å². The van der Waals surface area contributed by atoms with Crippen molar-refractivity contribution in [2.75, 3.05) is 13.2 Å². The van der Waals surface area contributed by atoms with Crippen LogP contribution in [0.1, 0.15) is 30.2 Å². The van der Waals surface area contributed by atoms with E-state index in [0.717, 1.165) is 22.2 Å². The highest BCUT2D eigenvalue weighted by molar-refractivity contribution is 5.79. The zero-order valence-electron chi connectivity index (χ0n) is 12.0. The van der Waals surface area contributed by atoms with Crippen molar-refractivity contribution >= 4 is 10.9 Å². The summed E-state index contributed by atoms with van der Waals surface area (Å²) in [6.07, 6.45) is 0.334. The lowest BCUT2D eigenvalue weighted by atomic mass is 9.74. The van der Waals surface area contributed by atoms with Gasteiger partial charge < -0.3 is 9.84 Å². The maximum Gasteiger partial charge on any atom is 0.0978 e. The number of nitrogens with zero attached hydrogens (tertiary/aromatic N) is 2. The summed E-state index contributed by atoms with van der Waals surface area (Å²) >= 11 is 0. The predicted octanol–water partition coefficient (Wildman–Crippen LogP) is 2.90. The number of benzene rings is 1. The third kappa shape index (κ3) is 2.51. The normalized spacial score (nSPS) is 19.1. The summed E-state index contributed by atoms with van der Waals surface area (Å²) in [6.45, 7) is 3.01. The van der Waals surface area contributed by atoms with E-state index in [1.165, 1.54) is 0 Å². The number of aromatic nitrogens is 1. The first-order valence-electron chi connectivity index (χ1n) is 7.19. The van der Waals surface area contributed by atoms with Crippen LogP contribution < -0.4 is 0 Å². The molecule has 4 heteroatoms. The Bertz CT molecular complexity index is 699. The van der Waals surface area contributed by atoms with Gasteiger partial charge in [0.05, 0.1) is 23.1 Å². The van der Waals surface area contributed by atoms with Crippen LogP contribution in [0.2, 0.25) is 0 Å². The van der Waals surface area contributed by atoms with Gasteiger partial charge in [-0.25, -0.2) is 0 Å². The fraction of sp³-hybridized carbons (Fsp3) is 0.412. The molecule has 0 bridgehead atoms. The maximum atomic E-state index is 10.7. The summed E-state index contributed by atoms with van der Waals surface area (Å²) in [5, 5.41) is 21.2. The van der Waals surface area contributed by atoms with Gasteiger partial charge in [-0.15, -0.1) is 0 Å². The Labute approximate surface area is 124 Å². The van der Waals surface area contributed by atoms with E-state index >= 15 is 0 Å². The molecule has 1 N–H and O–H groups in total. The molecule has 0 aliphatic carbocycles. The minimum absolute atomic E-state index is 0.527. The SMILES string of the molecule is Cc1ccc2cc(C(O)C3(C#N)CCOCC3)ccc2n1. The predicted molar refractivity (Wildman–Crippen MR) is 79.5 cm³/mol. The highest BCUT2D eigenvalue weighted by Gasteiger charge is 2.40. The second-order valence-corrected chi connectivity index (χ2v) is 5.69. The zero-order valence-corrected chi connectivity index (χ0v) is 12.0. The lowest BCUT2D eigenvalue weighted by molar-refractivity contribution is -0.0309. The molecule has 1 aromatic carbocycles. The van der Waals surface area contributed by atoms with Gasteiger partial charge in [-0.3, -0.25) is 4.98 Å². The Morgan fingerprint density at radius 1 is 1.29 bits per heavy atom. The van der Waals surface area contributed by atoms with Gasteiger partial charge in [-0.1, -0.05) is 12.1 Å². The maximum absolute atomic E-state index is 10.7. The highest BCUT2D eigenvalue weighted by atomic mass is 16.5. The minimum atomic E-state index is -0.794. The molecular formula is C17H18N2O2. The molecule has 1 aliphatic heterocycles. The van der Waals surface area contributed by atoms with Crippen molar-refractivity contribution in [2.24, 2.45) is 5.41 Å². The fourth-order valence-electron chi connectivity index (χ4n) is 2.92. The van der Waals surface area contributed by atoms with Crippen LogP contribution in [0.5, 0.6) is 0 Å². The molecule has 4 nitrogen and oxygen atoms in total. The number of aliphatic hydroxyl groups excluding tert-OH is 1. The van der Waals surface area contributed by atoms with Crippen LogP contribution in [-0.4, -0.2) is 23.3 Å². The number of hydrogen-bond acceptors (Lipinski definition) is 4. The first kappa shape index (κ1) is 14.0. The molecular weight excluding hydrogens is 264 g/mol. The van der Waals surface area contributed by atoms with E-state index in [0.29, 0.717) is 26.1 Å². The van der Waals surface area contributed by atoms with E-state index in [-0.39, 0.29) is 0 Å². The van der Waals surface area contributed by atoms with Crippen molar-refractivity contribution in [3.63, 3.8) is 0 Å². The van der Waals surface area contributed by atoms with Crippen molar-refractivity contribution in [1.82, 2.24) is 4.98 Å². The number of aryl methyl sites for hydroxylation is 1. The van der Waals surface area contributed by atoms with E-state index in [9.17, 15) is 10.4 Å². The van der Waals surface area contributed by atoms with E-state index in [1.54, 1.807) is 0 Å². The van der Waals surface area contributed by atoms with Crippen LogP contribution in [0.15, 0.2) is 30.3 Å². The standard InChI is InChI=1S/C17H18N2O2/c1-12-2-3-13-10-14(4-5-15(13)19-12)16(20)17(11-18)6-8-21-9-7-17/h2-5,10,16,20H,6-9H2,1H3. The molecule has 1 aliphatic rings. The number of ether oxygens (including phenoxy) is 1. The molecule has 3 rings (SSSR count). The van der Waals surface area contributed by atoms with Gasteiger partial charge >= 0.3 is 0 Å². The quantitative estimate of drug-likeness (QED) is 0.919. The Morgan fingerprint density at radius 3 is 2.76 bits per heavy atom. The van der Waals surface area contributed by atoms with Gasteiger partial charge in [0.25, 0.3) is 0 Å². The largest absolute Gasteiger partial charge is 0.387 e. The molecule has 1 aromatic heterocycles. The first-order valence-corrected chi connectivity index (χ1v) is 7.19. The van der Waals surface area contributed by atoms with Gasteiger partial charge in [0.2, 0.25) is 0 Å². The Morgan fingerprint density at radius 2 is 2.05 bits per heavy atom. The van der Waals surface area contributed by atoms with Crippen LogP contribution in [0.3, 0.4) is 0 Å². The average molecular weight is 282 g/mol. The Balaban J connectivity index is 1.99. The van der Waals surface area contributed by atoms with Gasteiger partial charge in [0.1, 0.15) is 0 Å². The number of rotatable bonds is 2. The van der Waals surface area contributed by atoms with Gasteiger partial charge in [-0.2, -0.15) is 5.26 Å². The summed E-state index contributed by atoms with van der Waals surface area (Å²) < 4.78 is 5.32. The summed E-state index contributed by atoms with van der Waals surface area (Å²) in [6, 6.07) is 12.0. The zero-order chi connectivity index (χ0) is 14.9. The van der Waals surface area contributed by atoms with Crippen LogP contribution in [0, 0.1) is 23.7 Å². The van der Waals surface area contributed by atoms with Crippen LogP contribution in [0.4, 0.5) is 0 Å². The van der Waals surface area contributed by atoms with Crippen molar-refractivity contribution < 1.29 is 9.84 Å². The number of aliphatic hydroxyl groups is 1. The number of nitriles is 1. The van der Waals surface area contributed by atoms with Crippen LogP contribution in [-0.2, 0) is 4.74 Å². The smallest absolute Gasteiger partial charge is 0.0978 e. The van der Waals surface area contributed by atoms with Crippen molar-refractivity contribution in [2.45, 2.75) is 25.9 Å². The Hall–Kier alpha value is -1.96. The summed E-state index contributed by atoms with van der Waals surface area (Å²) in [4.78, 5) is 4.46. The number of hydrogen-bond donors (Lipinski definition) is 1. The highest BCUT2D eigenvalue weighted by Crippen LogP contribution is 2.42. The topological polar surface area (TPSA) is 66.1 Å². The molecule has 1 fully saturated rings. The molecule has 0 radical (unpaired) electrons. The van der Waals surface area contributed by atoms with E-state index in [1.807, 2.05) is 37.3 Å². The van der Waals surface area contributed by atoms with Crippen molar-refractivity contribution in [3.05, 3.63) is 41.6 Å². The van der Waals surface area contributed by atoms with Crippen molar-refractivity contribution in [1.29, 1.82) is 5.26 Å². The molecule has 2 aromatic rings. The van der Waals surface area contributed by atoms with Gasteiger partial charge in [-0.05, 0) is 43.5 Å². The van der Waals surface area contributed by atoms with E-state index in [2.05, 4.69) is 11.1 Å². The molecule has 1 saturated heterocycles. The third-order valence-corrected chi connectivity index (χ3v) is 4.30. The minimum Gasteiger partial charge on any atom is -0.387 e. The van der Waals surface area contributed by atoms with E-state index < -0.39 is 11.5 Å². The fourth-order valence-corrected chi connectivity index (χ4v) is 2.92. The van der Waals surface area contributed by atoms with Crippen LogP contribution >= 0.6 is 0 Å². The summed E-state index contributed by atoms with van der Waals surface area (Å²) in [7, 11) is 0. The molecule has 21 heavy (non-hydrogen) atoms. The number of pyridine rings is 1. The number of fused-ring (bicyclic) bond motifs is 1.